The van der Waals surface area contributed by atoms with E-state index in [0.717, 1.165) is 22.8 Å². The largest absolute Gasteiger partial charge is 0.430 e. The van der Waals surface area contributed by atoms with E-state index in [2.05, 4.69) is 10.4 Å². The molecule has 0 amide bonds. The van der Waals surface area contributed by atoms with Gasteiger partial charge in [-0.2, -0.15) is 5.10 Å². The molecular weight excluding hydrogens is 256 g/mol. The lowest BCUT2D eigenvalue weighted by Gasteiger charge is -2.05. The third-order valence-electron chi connectivity index (χ3n) is 3.22. The lowest BCUT2D eigenvalue weighted by molar-refractivity contribution is -0.675. The number of hydrogen-bond acceptors (Lipinski definition) is 3. The summed E-state index contributed by atoms with van der Waals surface area (Å²) in [6.45, 7) is 5.65. The summed E-state index contributed by atoms with van der Waals surface area (Å²) in [5.74, 6) is 0. The number of rotatable bonds is 2. The predicted molar refractivity (Wildman–Crippen MR) is 72.2 cm³/mol. The highest BCUT2D eigenvalue weighted by molar-refractivity contribution is 5.47. The maximum atomic E-state index is 11.5. The van der Waals surface area contributed by atoms with Crippen molar-refractivity contribution < 1.29 is 9.20 Å². The van der Waals surface area contributed by atoms with Crippen molar-refractivity contribution in [2.45, 2.75) is 20.8 Å². The van der Waals surface area contributed by atoms with Crippen LogP contribution in [0.25, 0.3) is 11.4 Å². The van der Waals surface area contributed by atoms with E-state index in [-0.39, 0.29) is 5.63 Å². The molecule has 2 heterocycles. The van der Waals surface area contributed by atoms with Gasteiger partial charge in [0.1, 0.15) is 5.69 Å². The number of aromatic amines is 1. The van der Waals surface area contributed by atoms with Crippen molar-refractivity contribution in [3.63, 3.8) is 0 Å². The standard InChI is InChI=1S/C14H14N4O2/c1-9-8-10(2)17(15-9)12-6-4-5-7-13(12)18-11(3)14(19)20-16-18/h4-8H,1-3H3/p+1. The predicted octanol–water partition coefficient (Wildman–Crippen LogP) is 1.36. The Morgan fingerprint density at radius 1 is 1.25 bits per heavy atom. The maximum Gasteiger partial charge on any atom is 0.430 e. The van der Waals surface area contributed by atoms with Crippen molar-refractivity contribution in [1.82, 2.24) is 15.1 Å². The van der Waals surface area contributed by atoms with Gasteiger partial charge in [-0.05, 0) is 35.9 Å². The highest BCUT2D eigenvalue weighted by Gasteiger charge is 2.23. The van der Waals surface area contributed by atoms with Gasteiger partial charge in [0, 0.05) is 18.7 Å². The molecule has 6 heteroatoms. The van der Waals surface area contributed by atoms with Gasteiger partial charge in [-0.15, -0.1) is 0 Å². The first-order chi connectivity index (χ1) is 9.58. The molecule has 1 N–H and O–H groups in total. The molecule has 0 aliphatic heterocycles. The maximum absolute atomic E-state index is 11.5. The fourth-order valence-corrected chi connectivity index (χ4v) is 2.26. The molecular formula is C14H15N4O2+. The molecule has 0 saturated heterocycles. The number of aryl methyl sites for hydroxylation is 2. The number of para-hydroxylation sites is 2. The van der Waals surface area contributed by atoms with Gasteiger partial charge < -0.3 is 0 Å². The Kier molecular flexibility index (Phi) is 2.78. The number of hydrogen-bond donors (Lipinski definition) is 1. The highest BCUT2D eigenvalue weighted by atomic mass is 16.5. The molecule has 0 saturated carbocycles. The minimum absolute atomic E-state index is 0.381. The third kappa shape index (κ3) is 1.85. The van der Waals surface area contributed by atoms with E-state index in [0.29, 0.717) is 5.69 Å². The minimum atomic E-state index is -0.381. The summed E-state index contributed by atoms with van der Waals surface area (Å²) in [7, 11) is 0. The smallest absolute Gasteiger partial charge is 0.283 e. The van der Waals surface area contributed by atoms with E-state index in [1.54, 1.807) is 11.6 Å². The van der Waals surface area contributed by atoms with Crippen LogP contribution in [0.1, 0.15) is 17.1 Å². The number of benzene rings is 1. The Labute approximate surface area is 115 Å². The van der Waals surface area contributed by atoms with Crippen LogP contribution >= 0.6 is 0 Å². The summed E-state index contributed by atoms with van der Waals surface area (Å²) in [6, 6.07) is 9.70. The lowest BCUT2D eigenvalue weighted by Crippen LogP contribution is -2.38. The topological polar surface area (TPSA) is 67.7 Å². The van der Waals surface area contributed by atoms with Gasteiger partial charge in [0.15, 0.2) is 0 Å². The molecule has 3 rings (SSSR count). The first-order valence-electron chi connectivity index (χ1n) is 6.31. The summed E-state index contributed by atoms with van der Waals surface area (Å²) in [5, 5.41) is 7.10. The van der Waals surface area contributed by atoms with Gasteiger partial charge in [0.05, 0.1) is 5.69 Å². The zero-order valence-electron chi connectivity index (χ0n) is 11.5. The Morgan fingerprint density at radius 3 is 2.60 bits per heavy atom. The molecule has 3 aromatic rings. The normalized spacial score (nSPS) is 10.9. The molecule has 2 aromatic heterocycles. The van der Waals surface area contributed by atoms with Gasteiger partial charge in [0.2, 0.25) is 0 Å². The van der Waals surface area contributed by atoms with Crippen LogP contribution in [0.15, 0.2) is 39.6 Å². The molecule has 0 atom stereocenters. The van der Waals surface area contributed by atoms with Crippen molar-refractivity contribution in [3.8, 4) is 11.4 Å². The van der Waals surface area contributed by atoms with Gasteiger partial charge >= 0.3 is 5.63 Å². The minimum Gasteiger partial charge on any atom is -0.283 e. The Morgan fingerprint density at radius 2 is 2.00 bits per heavy atom. The number of H-pyrrole nitrogens is 1. The van der Waals surface area contributed by atoms with Gasteiger partial charge in [-0.1, -0.05) is 12.1 Å². The van der Waals surface area contributed by atoms with Crippen LogP contribution in [0, 0.1) is 20.8 Å². The molecule has 1 aromatic carbocycles. The van der Waals surface area contributed by atoms with Crippen molar-refractivity contribution in [2.75, 3.05) is 0 Å². The molecule has 0 aliphatic rings. The second-order valence-corrected chi connectivity index (χ2v) is 4.73. The molecule has 0 unspecified atom stereocenters. The quantitative estimate of drug-likeness (QED) is 0.715. The van der Waals surface area contributed by atoms with Gasteiger partial charge in [-0.3, -0.25) is 4.52 Å². The van der Waals surface area contributed by atoms with E-state index in [9.17, 15) is 4.79 Å². The summed E-state index contributed by atoms with van der Waals surface area (Å²) in [4.78, 5) is 11.5. The first kappa shape index (κ1) is 12.4. The van der Waals surface area contributed by atoms with E-state index in [1.165, 1.54) is 0 Å². The zero-order valence-corrected chi connectivity index (χ0v) is 11.5. The summed E-state index contributed by atoms with van der Waals surface area (Å²) in [5.41, 5.74) is 3.76. The molecule has 6 nitrogen and oxygen atoms in total. The average Bonchev–Trinajstić information content (AvgIpc) is 2.93. The van der Waals surface area contributed by atoms with Crippen molar-refractivity contribution in [1.29, 1.82) is 0 Å². The monoisotopic (exact) mass is 271 g/mol. The Hall–Kier alpha value is -2.63. The first-order valence-corrected chi connectivity index (χ1v) is 6.31. The Bertz CT molecular complexity index is 826. The highest BCUT2D eigenvalue weighted by Crippen LogP contribution is 2.16. The molecule has 0 spiro atoms. The second-order valence-electron chi connectivity index (χ2n) is 4.73. The van der Waals surface area contributed by atoms with Crippen LogP contribution in [-0.2, 0) is 0 Å². The van der Waals surface area contributed by atoms with Crippen molar-refractivity contribution >= 4 is 0 Å². The lowest BCUT2D eigenvalue weighted by atomic mass is 10.2. The van der Waals surface area contributed by atoms with Crippen molar-refractivity contribution in [2.24, 2.45) is 0 Å². The van der Waals surface area contributed by atoms with Gasteiger partial charge in [-0.25, -0.2) is 9.48 Å². The molecule has 0 radical (unpaired) electrons. The summed E-state index contributed by atoms with van der Waals surface area (Å²) >= 11 is 0. The summed E-state index contributed by atoms with van der Waals surface area (Å²) < 4.78 is 8.30. The van der Waals surface area contributed by atoms with Crippen LogP contribution in [0.2, 0.25) is 0 Å². The fraction of sp³-hybridized carbons (Fsp3) is 0.214. The van der Waals surface area contributed by atoms with Crippen LogP contribution < -0.4 is 10.3 Å². The van der Waals surface area contributed by atoms with E-state index in [4.69, 9.17) is 4.52 Å². The van der Waals surface area contributed by atoms with E-state index in [1.807, 2.05) is 48.9 Å². The van der Waals surface area contributed by atoms with Crippen molar-refractivity contribution in [3.05, 3.63) is 57.8 Å². The molecule has 102 valence electrons. The van der Waals surface area contributed by atoms with Crippen LogP contribution in [-0.4, -0.2) is 15.1 Å². The van der Waals surface area contributed by atoms with Gasteiger partial charge in [0.25, 0.3) is 11.4 Å². The third-order valence-corrected chi connectivity index (χ3v) is 3.22. The molecule has 20 heavy (non-hydrogen) atoms. The molecule has 0 aliphatic carbocycles. The zero-order chi connectivity index (χ0) is 14.3. The SMILES string of the molecule is Cc1cc(C)n(-c2ccccc2-[n+]2[nH]oc(=O)c2C)n1. The number of aromatic nitrogens is 4. The van der Waals surface area contributed by atoms with E-state index >= 15 is 0 Å². The molecule has 0 fully saturated rings. The number of nitrogens with one attached hydrogen (secondary N) is 1. The number of nitrogens with zero attached hydrogens (tertiary/aromatic N) is 3. The van der Waals surface area contributed by atoms with Crippen LogP contribution in [0.3, 0.4) is 0 Å². The molecule has 0 bridgehead atoms. The Balaban J connectivity index is 2.26. The summed E-state index contributed by atoms with van der Waals surface area (Å²) in [6.07, 6.45) is 0. The van der Waals surface area contributed by atoms with Crippen LogP contribution in [0.4, 0.5) is 0 Å². The van der Waals surface area contributed by atoms with E-state index < -0.39 is 0 Å². The fourth-order valence-electron chi connectivity index (χ4n) is 2.26. The second kappa shape index (κ2) is 4.48. The average molecular weight is 271 g/mol. The van der Waals surface area contributed by atoms with Crippen LogP contribution in [0.5, 0.6) is 0 Å².